The van der Waals surface area contributed by atoms with Crippen LogP contribution in [0.2, 0.25) is 0 Å². The van der Waals surface area contributed by atoms with Crippen molar-refractivity contribution in [1.82, 2.24) is 10.1 Å². The van der Waals surface area contributed by atoms with Gasteiger partial charge in [0, 0.05) is 32.4 Å². The van der Waals surface area contributed by atoms with Crippen molar-refractivity contribution in [3.05, 3.63) is 30.0 Å². The van der Waals surface area contributed by atoms with Crippen LogP contribution in [0.5, 0.6) is 11.5 Å². The number of nitrogens with one attached hydrogen (secondary N) is 2. The zero-order valence-corrected chi connectivity index (χ0v) is 17.0. The molecule has 1 aromatic carbocycles. The Bertz CT molecular complexity index is 823. The molecule has 0 saturated heterocycles. The van der Waals surface area contributed by atoms with Gasteiger partial charge in [0.15, 0.2) is 5.82 Å². The van der Waals surface area contributed by atoms with Gasteiger partial charge in [-0.25, -0.2) is 4.79 Å². The minimum absolute atomic E-state index is 0.167. The van der Waals surface area contributed by atoms with Gasteiger partial charge in [-0.2, -0.15) is 0 Å². The summed E-state index contributed by atoms with van der Waals surface area (Å²) in [5, 5.41) is 9.08. The number of urea groups is 1. The molecule has 2 aromatic rings. The monoisotopic (exact) mass is 406 g/mol. The molecule has 0 bridgehead atoms. The van der Waals surface area contributed by atoms with E-state index in [1.165, 1.54) is 12.0 Å². The Hall–Kier alpha value is -3.27. The highest BCUT2D eigenvalue weighted by atomic mass is 16.5. The number of anilines is 2. The Kier molecular flexibility index (Phi) is 8.28. The van der Waals surface area contributed by atoms with Crippen LogP contribution in [0, 0.1) is 6.92 Å². The van der Waals surface area contributed by atoms with Crippen LogP contribution in [0.4, 0.5) is 16.3 Å². The van der Waals surface area contributed by atoms with Crippen LogP contribution in [-0.2, 0) is 9.53 Å². The smallest absolute Gasteiger partial charge is 0.322 e. The topological polar surface area (TPSA) is 115 Å². The lowest BCUT2D eigenvalue weighted by atomic mass is 10.2. The van der Waals surface area contributed by atoms with Gasteiger partial charge in [-0.3, -0.25) is 4.79 Å². The molecule has 29 heavy (non-hydrogen) atoms. The number of ether oxygens (including phenoxy) is 3. The summed E-state index contributed by atoms with van der Waals surface area (Å²) >= 11 is 0. The van der Waals surface area contributed by atoms with Crippen molar-refractivity contribution >= 4 is 23.4 Å². The van der Waals surface area contributed by atoms with Crippen LogP contribution in [-0.4, -0.2) is 63.0 Å². The predicted molar refractivity (Wildman–Crippen MR) is 107 cm³/mol. The first-order chi connectivity index (χ1) is 14.0. The molecule has 0 atom stereocenters. The van der Waals surface area contributed by atoms with Gasteiger partial charge in [0.05, 0.1) is 19.9 Å². The summed E-state index contributed by atoms with van der Waals surface area (Å²) in [6.45, 7) is 2.33. The minimum atomic E-state index is -0.448. The highest BCUT2D eigenvalue weighted by Crippen LogP contribution is 2.29. The fourth-order valence-corrected chi connectivity index (χ4v) is 2.53. The van der Waals surface area contributed by atoms with Crippen molar-refractivity contribution in [2.75, 3.05) is 51.7 Å². The fourth-order valence-electron chi connectivity index (χ4n) is 2.53. The number of nitrogens with zero attached hydrogens (tertiary/aromatic N) is 2. The van der Waals surface area contributed by atoms with Gasteiger partial charge < -0.3 is 34.3 Å². The maximum Gasteiger partial charge on any atom is 0.322 e. The first-order valence-electron chi connectivity index (χ1n) is 8.97. The molecule has 0 aliphatic rings. The summed E-state index contributed by atoms with van der Waals surface area (Å²) in [5.74, 6) is 1.51. The van der Waals surface area contributed by atoms with Crippen molar-refractivity contribution in [1.29, 1.82) is 0 Å². The van der Waals surface area contributed by atoms with E-state index in [0.717, 1.165) is 0 Å². The van der Waals surface area contributed by atoms with E-state index in [2.05, 4.69) is 15.8 Å². The van der Waals surface area contributed by atoms with E-state index in [9.17, 15) is 9.59 Å². The second-order valence-corrected chi connectivity index (χ2v) is 6.14. The van der Waals surface area contributed by atoms with Crippen molar-refractivity contribution in [2.24, 2.45) is 0 Å². The summed E-state index contributed by atoms with van der Waals surface area (Å²) < 4.78 is 20.4. The zero-order valence-electron chi connectivity index (χ0n) is 17.0. The third-order valence-electron chi connectivity index (χ3n) is 3.94. The first-order valence-corrected chi connectivity index (χ1v) is 8.97. The number of carbonyl (C=O) groups is 2. The minimum Gasteiger partial charge on any atom is -0.497 e. The van der Waals surface area contributed by atoms with Crippen LogP contribution in [0.3, 0.4) is 0 Å². The van der Waals surface area contributed by atoms with Crippen LogP contribution >= 0.6 is 0 Å². The molecule has 2 N–H and O–H groups in total. The lowest BCUT2D eigenvalue weighted by molar-refractivity contribution is -0.116. The van der Waals surface area contributed by atoms with E-state index in [1.807, 2.05) is 0 Å². The van der Waals surface area contributed by atoms with Crippen molar-refractivity contribution in [3.8, 4) is 11.5 Å². The molecule has 158 valence electrons. The van der Waals surface area contributed by atoms with Gasteiger partial charge in [-0.15, -0.1) is 0 Å². The molecular weight excluding hydrogens is 380 g/mol. The number of hydrogen-bond acceptors (Lipinski definition) is 7. The number of amides is 3. The molecule has 0 saturated carbocycles. The van der Waals surface area contributed by atoms with E-state index in [0.29, 0.717) is 48.3 Å². The molecule has 1 aromatic heterocycles. The first kappa shape index (κ1) is 22.0. The molecule has 3 amide bonds. The Balaban J connectivity index is 2.07. The number of hydrogen-bond donors (Lipinski definition) is 2. The molecule has 10 heteroatoms. The highest BCUT2D eigenvalue weighted by molar-refractivity contribution is 5.97. The van der Waals surface area contributed by atoms with Crippen LogP contribution in [0.1, 0.15) is 12.2 Å². The van der Waals surface area contributed by atoms with Crippen LogP contribution in [0.15, 0.2) is 28.8 Å². The molecule has 10 nitrogen and oxygen atoms in total. The zero-order chi connectivity index (χ0) is 21.2. The molecular formula is C19H26N4O6. The van der Waals surface area contributed by atoms with Crippen LogP contribution < -0.4 is 20.1 Å². The molecule has 2 rings (SSSR count). The summed E-state index contributed by atoms with van der Waals surface area (Å²) in [5.41, 5.74) is 0.461. The Morgan fingerprint density at radius 3 is 2.55 bits per heavy atom. The van der Waals surface area contributed by atoms with E-state index < -0.39 is 11.9 Å². The average molecular weight is 406 g/mol. The summed E-state index contributed by atoms with van der Waals surface area (Å²) in [4.78, 5) is 26.5. The molecule has 0 aliphatic heterocycles. The molecule has 0 aliphatic carbocycles. The lowest BCUT2D eigenvalue weighted by Crippen LogP contribution is -2.41. The molecule has 0 radical (unpaired) electrons. The van der Waals surface area contributed by atoms with E-state index >= 15 is 0 Å². The summed E-state index contributed by atoms with van der Waals surface area (Å²) in [7, 11) is 4.61. The quantitative estimate of drug-likeness (QED) is 0.583. The van der Waals surface area contributed by atoms with Gasteiger partial charge in [-0.05, 0) is 25.5 Å². The summed E-state index contributed by atoms with van der Waals surface area (Å²) in [6, 6.07) is 6.17. The SMILES string of the molecule is COCCCN(CC(=O)Nc1cc(C)on1)C(=O)Nc1ccc(OC)cc1OC. The number of rotatable bonds is 10. The third-order valence-corrected chi connectivity index (χ3v) is 3.94. The Morgan fingerprint density at radius 1 is 1.14 bits per heavy atom. The van der Waals surface area contributed by atoms with Crippen molar-refractivity contribution in [2.45, 2.75) is 13.3 Å². The second kappa shape index (κ2) is 10.9. The van der Waals surface area contributed by atoms with Gasteiger partial charge in [0.2, 0.25) is 5.91 Å². The van der Waals surface area contributed by atoms with Gasteiger partial charge in [0.25, 0.3) is 0 Å². The maximum atomic E-state index is 12.8. The van der Waals surface area contributed by atoms with Crippen LogP contribution in [0.25, 0.3) is 0 Å². The standard InChI is InChI=1S/C19H26N4O6/c1-13-10-17(22-29-13)21-18(24)12-23(8-5-9-26-2)19(25)20-15-7-6-14(27-3)11-16(15)28-4/h6-7,10-11H,5,8-9,12H2,1-4H3,(H,20,25)(H,21,22,24). The summed E-state index contributed by atoms with van der Waals surface area (Å²) in [6.07, 6.45) is 0.569. The van der Waals surface area contributed by atoms with Gasteiger partial charge in [-0.1, -0.05) is 5.16 Å². The van der Waals surface area contributed by atoms with Gasteiger partial charge >= 0.3 is 6.03 Å². The van der Waals surface area contributed by atoms with E-state index in [1.54, 1.807) is 45.4 Å². The largest absolute Gasteiger partial charge is 0.497 e. The van der Waals surface area contributed by atoms with E-state index in [4.69, 9.17) is 18.7 Å². The molecule has 0 unspecified atom stereocenters. The predicted octanol–water partition coefficient (Wildman–Crippen LogP) is 2.51. The molecule has 0 fully saturated rings. The average Bonchev–Trinajstić information content (AvgIpc) is 3.11. The second-order valence-electron chi connectivity index (χ2n) is 6.14. The number of benzene rings is 1. The normalized spacial score (nSPS) is 10.3. The maximum absolute atomic E-state index is 12.8. The van der Waals surface area contributed by atoms with E-state index in [-0.39, 0.29) is 6.54 Å². The lowest BCUT2D eigenvalue weighted by Gasteiger charge is -2.23. The Morgan fingerprint density at radius 2 is 1.93 bits per heavy atom. The van der Waals surface area contributed by atoms with Crippen molar-refractivity contribution in [3.63, 3.8) is 0 Å². The van der Waals surface area contributed by atoms with Gasteiger partial charge in [0.1, 0.15) is 23.8 Å². The van der Waals surface area contributed by atoms with Crippen molar-refractivity contribution < 1.29 is 28.3 Å². The number of methoxy groups -OCH3 is 3. The fraction of sp³-hybridized carbons (Fsp3) is 0.421. The number of aromatic nitrogens is 1. The molecule has 1 heterocycles. The molecule has 0 spiro atoms. The third kappa shape index (κ3) is 6.68. The number of aryl methyl sites for hydroxylation is 1. The number of carbonyl (C=O) groups excluding carboxylic acids is 2. The Labute approximate surface area is 169 Å². The highest BCUT2D eigenvalue weighted by Gasteiger charge is 2.19.